The van der Waals surface area contributed by atoms with Crippen molar-refractivity contribution in [2.24, 2.45) is 5.73 Å². The van der Waals surface area contributed by atoms with Crippen LogP contribution in [0.15, 0.2) is 47.4 Å². The lowest BCUT2D eigenvalue weighted by Gasteiger charge is -2.25. The molecule has 0 bridgehead atoms. The van der Waals surface area contributed by atoms with Gasteiger partial charge in [-0.15, -0.1) is 0 Å². The van der Waals surface area contributed by atoms with Crippen LogP contribution < -0.4 is 5.73 Å². The molecule has 128 valence electrons. The zero-order valence-corrected chi connectivity index (χ0v) is 13.8. The second kappa shape index (κ2) is 6.66. The molecule has 0 aliphatic rings. The number of benzene rings is 2. The molecular formula is C16H16F2N2O3S. The molecule has 2 rings (SSSR count). The monoisotopic (exact) mass is 354 g/mol. The fourth-order valence-corrected chi connectivity index (χ4v) is 3.50. The van der Waals surface area contributed by atoms with E-state index in [2.05, 4.69) is 0 Å². The first-order chi connectivity index (χ1) is 11.1. The van der Waals surface area contributed by atoms with Gasteiger partial charge in [-0.05, 0) is 48.9 Å². The van der Waals surface area contributed by atoms with E-state index < -0.39 is 33.6 Å². The third kappa shape index (κ3) is 3.44. The fourth-order valence-electron chi connectivity index (χ4n) is 2.15. The summed E-state index contributed by atoms with van der Waals surface area (Å²) in [6.07, 6.45) is 0. The first-order valence-corrected chi connectivity index (χ1v) is 8.41. The van der Waals surface area contributed by atoms with Gasteiger partial charge in [-0.1, -0.05) is 6.07 Å². The molecule has 0 fully saturated rings. The van der Waals surface area contributed by atoms with E-state index in [1.165, 1.54) is 37.4 Å². The normalized spacial score (nSPS) is 13.0. The summed E-state index contributed by atoms with van der Waals surface area (Å²) in [4.78, 5) is 11.0. The molecule has 5 nitrogen and oxygen atoms in total. The van der Waals surface area contributed by atoms with Gasteiger partial charge in [-0.3, -0.25) is 4.79 Å². The van der Waals surface area contributed by atoms with Crippen LogP contribution in [-0.2, 0) is 10.0 Å². The van der Waals surface area contributed by atoms with E-state index in [1.54, 1.807) is 6.92 Å². The Morgan fingerprint density at radius 3 is 2.17 bits per heavy atom. The van der Waals surface area contributed by atoms with Gasteiger partial charge in [-0.2, -0.15) is 4.31 Å². The van der Waals surface area contributed by atoms with E-state index >= 15 is 0 Å². The summed E-state index contributed by atoms with van der Waals surface area (Å²) in [5.41, 5.74) is 5.62. The molecule has 1 atom stereocenters. The van der Waals surface area contributed by atoms with E-state index in [0.717, 1.165) is 16.4 Å². The first-order valence-electron chi connectivity index (χ1n) is 6.97. The Balaban J connectivity index is 2.33. The van der Waals surface area contributed by atoms with Crippen LogP contribution in [0.3, 0.4) is 0 Å². The van der Waals surface area contributed by atoms with Crippen molar-refractivity contribution >= 4 is 15.9 Å². The zero-order chi connectivity index (χ0) is 18.1. The highest BCUT2D eigenvalue weighted by Gasteiger charge is 2.27. The van der Waals surface area contributed by atoms with Crippen molar-refractivity contribution in [3.8, 4) is 0 Å². The van der Waals surface area contributed by atoms with E-state index in [4.69, 9.17) is 5.73 Å². The maximum Gasteiger partial charge on any atom is 0.248 e. The molecule has 0 heterocycles. The number of carbonyl (C=O) groups excluding carboxylic acids is 1. The van der Waals surface area contributed by atoms with Gasteiger partial charge >= 0.3 is 0 Å². The van der Waals surface area contributed by atoms with Crippen molar-refractivity contribution in [3.63, 3.8) is 0 Å². The molecule has 0 aromatic heterocycles. The summed E-state index contributed by atoms with van der Waals surface area (Å²) in [6, 6.07) is 7.67. The van der Waals surface area contributed by atoms with Crippen molar-refractivity contribution in [1.82, 2.24) is 4.31 Å². The van der Waals surface area contributed by atoms with Crippen LogP contribution in [0.1, 0.15) is 28.9 Å². The number of rotatable bonds is 5. The summed E-state index contributed by atoms with van der Waals surface area (Å²) in [7, 11) is -2.55. The third-order valence-corrected chi connectivity index (χ3v) is 5.73. The predicted octanol–water partition coefficient (Wildman–Crippen LogP) is 2.45. The molecule has 8 heteroatoms. The predicted molar refractivity (Wildman–Crippen MR) is 84.7 cm³/mol. The van der Waals surface area contributed by atoms with Gasteiger partial charge in [-0.25, -0.2) is 17.2 Å². The van der Waals surface area contributed by atoms with Crippen LogP contribution in [0, 0.1) is 11.6 Å². The average Bonchev–Trinajstić information content (AvgIpc) is 2.56. The molecule has 0 spiro atoms. The van der Waals surface area contributed by atoms with Crippen molar-refractivity contribution < 1.29 is 22.0 Å². The number of hydrogen-bond acceptors (Lipinski definition) is 3. The molecule has 0 aliphatic heterocycles. The van der Waals surface area contributed by atoms with Crippen LogP contribution in [0.4, 0.5) is 8.78 Å². The van der Waals surface area contributed by atoms with Crippen molar-refractivity contribution in [1.29, 1.82) is 0 Å². The number of nitrogens with zero attached hydrogens (tertiary/aromatic N) is 1. The van der Waals surface area contributed by atoms with Gasteiger partial charge in [0.1, 0.15) is 0 Å². The van der Waals surface area contributed by atoms with Crippen molar-refractivity contribution in [2.45, 2.75) is 17.9 Å². The second-order valence-corrected chi connectivity index (χ2v) is 7.26. The minimum Gasteiger partial charge on any atom is -0.366 e. The SMILES string of the molecule is CC(c1ccc(F)c(F)c1)N(C)S(=O)(=O)c1ccc(C(N)=O)cc1. The van der Waals surface area contributed by atoms with Crippen LogP contribution in [-0.4, -0.2) is 25.7 Å². The highest BCUT2D eigenvalue weighted by atomic mass is 32.2. The average molecular weight is 354 g/mol. The summed E-state index contributed by atoms with van der Waals surface area (Å²) < 4.78 is 52.7. The Morgan fingerprint density at radius 2 is 1.67 bits per heavy atom. The third-order valence-electron chi connectivity index (χ3n) is 3.79. The highest BCUT2D eigenvalue weighted by Crippen LogP contribution is 2.26. The topological polar surface area (TPSA) is 80.5 Å². The van der Waals surface area contributed by atoms with Crippen LogP contribution >= 0.6 is 0 Å². The Bertz CT molecular complexity index is 867. The number of nitrogens with two attached hydrogens (primary N) is 1. The molecule has 2 N–H and O–H groups in total. The molecule has 2 aromatic carbocycles. The second-order valence-electron chi connectivity index (χ2n) is 5.26. The van der Waals surface area contributed by atoms with Crippen LogP contribution in [0.2, 0.25) is 0 Å². The molecule has 1 amide bonds. The minimum absolute atomic E-state index is 0.0376. The number of primary amides is 1. The van der Waals surface area contributed by atoms with Crippen LogP contribution in [0.5, 0.6) is 0 Å². The highest BCUT2D eigenvalue weighted by molar-refractivity contribution is 7.89. The van der Waals surface area contributed by atoms with Crippen molar-refractivity contribution in [2.75, 3.05) is 7.05 Å². The largest absolute Gasteiger partial charge is 0.366 e. The van der Waals surface area contributed by atoms with Crippen molar-refractivity contribution in [3.05, 3.63) is 65.2 Å². The molecule has 0 saturated carbocycles. The Labute approximate surface area is 138 Å². The van der Waals surface area contributed by atoms with Crippen LogP contribution in [0.25, 0.3) is 0 Å². The molecule has 24 heavy (non-hydrogen) atoms. The molecule has 0 radical (unpaired) electrons. The zero-order valence-electron chi connectivity index (χ0n) is 13.0. The maximum atomic E-state index is 13.4. The summed E-state index contributed by atoms with van der Waals surface area (Å²) in [5, 5.41) is 0. The lowest BCUT2D eigenvalue weighted by Crippen LogP contribution is -2.30. The summed E-state index contributed by atoms with van der Waals surface area (Å²) in [5.74, 6) is -2.71. The quantitative estimate of drug-likeness (QED) is 0.895. The van der Waals surface area contributed by atoms with Gasteiger partial charge in [0, 0.05) is 18.7 Å². The smallest absolute Gasteiger partial charge is 0.248 e. The first kappa shape index (κ1) is 18.0. The van der Waals surface area contributed by atoms with Gasteiger partial charge in [0.15, 0.2) is 11.6 Å². The number of amides is 1. The number of carbonyl (C=O) groups is 1. The molecular weight excluding hydrogens is 338 g/mol. The number of sulfonamides is 1. The van der Waals surface area contributed by atoms with E-state index in [9.17, 15) is 22.0 Å². The minimum atomic E-state index is -3.89. The molecule has 0 saturated heterocycles. The molecule has 1 unspecified atom stereocenters. The van der Waals surface area contributed by atoms with E-state index in [0.29, 0.717) is 5.56 Å². The molecule has 0 aliphatic carbocycles. The van der Waals surface area contributed by atoms with E-state index in [1.807, 2.05) is 0 Å². The van der Waals surface area contributed by atoms with Gasteiger partial charge in [0.2, 0.25) is 15.9 Å². The summed E-state index contributed by atoms with van der Waals surface area (Å²) >= 11 is 0. The van der Waals surface area contributed by atoms with Gasteiger partial charge in [0.25, 0.3) is 0 Å². The van der Waals surface area contributed by atoms with Gasteiger partial charge < -0.3 is 5.73 Å². The summed E-state index contributed by atoms with van der Waals surface area (Å²) in [6.45, 7) is 1.56. The lowest BCUT2D eigenvalue weighted by molar-refractivity contribution is 0.1000. The van der Waals surface area contributed by atoms with E-state index in [-0.39, 0.29) is 10.5 Å². The Hall–Kier alpha value is -2.32. The Morgan fingerprint density at radius 1 is 1.08 bits per heavy atom. The number of hydrogen-bond donors (Lipinski definition) is 1. The maximum absolute atomic E-state index is 13.4. The van der Waals surface area contributed by atoms with Gasteiger partial charge in [0.05, 0.1) is 4.90 Å². The molecule has 2 aromatic rings. The lowest BCUT2D eigenvalue weighted by atomic mass is 10.1. The standard InChI is InChI=1S/C16H16F2N2O3S/c1-10(12-5-8-14(17)15(18)9-12)20(2)24(22,23)13-6-3-11(4-7-13)16(19)21/h3-10H,1-2H3,(H2,19,21). The Kier molecular flexibility index (Phi) is 5.00. The fraction of sp³-hybridized carbons (Fsp3) is 0.188. The number of halogens is 2.